The normalized spacial score (nSPS) is 17.2. The van der Waals surface area contributed by atoms with Gasteiger partial charge in [0.15, 0.2) is 5.52 Å². The van der Waals surface area contributed by atoms with Crippen LogP contribution in [0.5, 0.6) is 0 Å². The van der Waals surface area contributed by atoms with E-state index in [-0.39, 0.29) is 24.2 Å². The number of hydrogen-bond acceptors (Lipinski definition) is 5. The highest BCUT2D eigenvalue weighted by molar-refractivity contribution is 9.10. The number of fused-ring (bicyclic) bond motifs is 1. The van der Waals surface area contributed by atoms with Crippen molar-refractivity contribution in [2.24, 2.45) is 0 Å². The predicted molar refractivity (Wildman–Crippen MR) is 101 cm³/mol. The number of benzene rings is 1. The monoisotopic (exact) mass is 431 g/mol. The van der Waals surface area contributed by atoms with Crippen LogP contribution < -0.4 is 5.56 Å². The summed E-state index contributed by atoms with van der Waals surface area (Å²) in [4.78, 5) is 33.2. The van der Waals surface area contributed by atoms with Crippen LogP contribution in [0.3, 0.4) is 0 Å². The number of halogens is 1. The van der Waals surface area contributed by atoms with E-state index in [9.17, 15) is 9.59 Å². The molecule has 8 nitrogen and oxygen atoms in total. The number of piperidine rings is 1. The number of nitrogens with one attached hydrogen (secondary N) is 1. The lowest BCUT2D eigenvalue weighted by Gasteiger charge is -2.31. The number of carbonyl (C=O) groups excluding carboxylic acids is 1. The maximum atomic E-state index is 12.5. The van der Waals surface area contributed by atoms with Gasteiger partial charge in [-0.1, -0.05) is 30.3 Å². The van der Waals surface area contributed by atoms with Crippen LogP contribution in [0.15, 0.2) is 46.1 Å². The summed E-state index contributed by atoms with van der Waals surface area (Å²) >= 11 is 3.33. The highest BCUT2D eigenvalue weighted by Crippen LogP contribution is 2.28. The average Bonchev–Trinajstić information content (AvgIpc) is 3.05. The zero-order chi connectivity index (χ0) is 18.8. The fraction of sp³-hybridized carbons (Fsp3) is 0.333. The van der Waals surface area contributed by atoms with Crippen LogP contribution in [0.1, 0.15) is 30.1 Å². The van der Waals surface area contributed by atoms with Crippen molar-refractivity contribution in [3.05, 3.63) is 63.0 Å². The van der Waals surface area contributed by atoms with Gasteiger partial charge in [-0.3, -0.25) is 4.79 Å². The molecule has 1 N–H and O–H groups in total. The summed E-state index contributed by atoms with van der Waals surface area (Å²) < 4.78 is 7.45. The number of aromatic nitrogens is 4. The summed E-state index contributed by atoms with van der Waals surface area (Å²) in [7, 11) is 0. The summed E-state index contributed by atoms with van der Waals surface area (Å²) in [6.45, 7) is 1.37. The van der Waals surface area contributed by atoms with Crippen molar-refractivity contribution in [2.75, 3.05) is 13.1 Å². The second-order valence-electron chi connectivity index (χ2n) is 6.46. The molecule has 0 unspecified atom stereocenters. The standard InChI is InChI=1S/C18H18BrN5O3/c19-15-14-17(25)20-11-21-24(14)16(22-15)13-7-4-8-23(9-13)18(26)27-10-12-5-2-1-3-6-12/h1-3,5-6,11,13H,4,7-10H2,(H,20,21,25)/t13-/m1/s1. The topological polar surface area (TPSA) is 92.6 Å². The molecule has 0 spiro atoms. The van der Waals surface area contributed by atoms with Crippen LogP contribution in [-0.2, 0) is 11.3 Å². The van der Waals surface area contributed by atoms with Gasteiger partial charge in [-0.2, -0.15) is 5.10 Å². The molecule has 3 aromatic rings. The van der Waals surface area contributed by atoms with E-state index in [2.05, 4.69) is 31.0 Å². The van der Waals surface area contributed by atoms with E-state index in [0.717, 1.165) is 18.4 Å². The Labute approximate surface area is 163 Å². The largest absolute Gasteiger partial charge is 0.445 e. The minimum absolute atomic E-state index is 0.0175. The van der Waals surface area contributed by atoms with Crippen molar-refractivity contribution < 1.29 is 9.53 Å². The highest BCUT2D eigenvalue weighted by Gasteiger charge is 2.29. The Hall–Kier alpha value is -2.68. The number of likely N-dealkylation sites (tertiary alicyclic amines) is 1. The molecule has 1 amide bonds. The van der Waals surface area contributed by atoms with Crippen molar-refractivity contribution in [3.8, 4) is 0 Å². The fourth-order valence-electron chi connectivity index (χ4n) is 3.35. The number of H-pyrrole nitrogens is 1. The average molecular weight is 432 g/mol. The Morgan fingerprint density at radius 2 is 2.15 bits per heavy atom. The lowest BCUT2D eigenvalue weighted by molar-refractivity contribution is 0.0852. The quantitative estimate of drug-likeness (QED) is 0.687. The van der Waals surface area contributed by atoms with Crippen LogP contribution in [0.4, 0.5) is 4.79 Å². The number of hydrogen-bond donors (Lipinski definition) is 1. The molecule has 140 valence electrons. The summed E-state index contributed by atoms with van der Waals surface area (Å²) in [6.07, 6.45) is 2.71. The smallest absolute Gasteiger partial charge is 0.410 e. The second kappa shape index (κ2) is 7.51. The second-order valence-corrected chi connectivity index (χ2v) is 7.22. The lowest BCUT2D eigenvalue weighted by atomic mass is 9.98. The summed E-state index contributed by atoms with van der Waals surface area (Å²) in [6, 6.07) is 9.59. The molecule has 1 atom stereocenters. The molecule has 9 heteroatoms. The predicted octanol–water partition coefficient (Wildman–Crippen LogP) is 2.70. The minimum atomic E-state index is -0.339. The van der Waals surface area contributed by atoms with Gasteiger partial charge in [0.2, 0.25) is 0 Å². The summed E-state index contributed by atoms with van der Waals surface area (Å²) in [5.74, 6) is 0.652. The molecule has 0 bridgehead atoms. The summed E-state index contributed by atoms with van der Waals surface area (Å²) in [5.41, 5.74) is 1.06. The van der Waals surface area contributed by atoms with Crippen LogP contribution >= 0.6 is 15.9 Å². The maximum absolute atomic E-state index is 12.5. The van der Waals surface area contributed by atoms with E-state index in [0.29, 0.717) is 29.0 Å². The zero-order valence-corrected chi connectivity index (χ0v) is 16.1. The van der Waals surface area contributed by atoms with E-state index < -0.39 is 0 Å². The van der Waals surface area contributed by atoms with E-state index in [4.69, 9.17) is 4.74 Å². The number of aromatic amines is 1. The molecule has 1 aliphatic heterocycles. The molecule has 1 saturated heterocycles. The minimum Gasteiger partial charge on any atom is -0.445 e. The first-order chi connectivity index (χ1) is 13.1. The van der Waals surface area contributed by atoms with Crippen molar-refractivity contribution in [1.82, 2.24) is 24.5 Å². The van der Waals surface area contributed by atoms with Gasteiger partial charge in [-0.05, 0) is 34.3 Å². The van der Waals surface area contributed by atoms with Crippen molar-refractivity contribution in [1.29, 1.82) is 0 Å². The van der Waals surface area contributed by atoms with Gasteiger partial charge in [-0.25, -0.2) is 14.3 Å². The van der Waals surface area contributed by atoms with Crippen LogP contribution in [-0.4, -0.2) is 43.7 Å². The number of ether oxygens (including phenoxy) is 1. The lowest BCUT2D eigenvalue weighted by Crippen LogP contribution is -2.40. The third-order valence-electron chi connectivity index (χ3n) is 4.67. The fourth-order valence-corrected chi connectivity index (χ4v) is 3.88. The SMILES string of the molecule is O=C(OCc1ccccc1)N1CCC[C@@H](c2nc(Br)c3c(=O)[nH]cnn23)C1. The molecule has 3 heterocycles. The first kappa shape index (κ1) is 17.7. The van der Waals surface area contributed by atoms with Gasteiger partial charge in [0.05, 0.1) is 0 Å². The molecule has 2 aromatic heterocycles. The number of amides is 1. The summed E-state index contributed by atoms with van der Waals surface area (Å²) in [5, 5.41) is 4.22. The van der Waals surface area contributed by atoms with Crippen molar-refractivity contribution in [2.45, 2.75) is 25.4 Å². The van der Waals surface area contributed by atoms with Crippen LogP contribution in [0.25, 0.3) is 5.52 Å². The Balaban J connectivity index is 1.49. The number of imidazole rings is 1. The van der Waals surface area contributed by atoms with Gasteiger partial charge in [0, 0.05) is 19.0 Å². The first-order valence-corrected chi connectivity index (χ1v) is 9.50. The highest BCUT2D eigenvalue weighted by atomic mass is 79.9. The Bertz CT molecular complexity index is 1020. The van der Waals surface area contributed by atoms with Crippen LogP contribution in [0.2, 0.25) is 0 Å². The van der Waals surface area contributed by atoms with Crippen molar-refractivity contribution >= 4 is 27.5 Å². The molecular formula is C18H18BrN5O3. The Morgan fingerprint density at radius 3 is 2.96 bits per heavy atom. The van der Waals surface area contributed by atoms with E-state index in [1.807, 2.05) is 30.3 Å². The molecule has 1 fully saturated rings. The van der Waals surface area contributed by atoms with E-state index >= 15 is 0 Å². The van der Waals surface area contributed by atoms with Gasteiger partial charge < -0.3 is 14.6 Å². The third kappa shape index (κ3) is 3.59. The molecule has 4 rings (SSSR count). The van der Waals surface area contributed by atoms with Gasteiger partial charge >= 0.3 is 6.09 Å². The number of nitrogens with zero attached hydrogens (tertiary/aromatic N) is 4. The van der Waals surface area contributed by atoms with Crippen molar-refractivity contribution in [3.63, 3.8) is 0 Å². The van der Waals surface area contributed by atoms with Gasteiger partial charge in [-0.15, -0.1) is 0 Å². The third-order valence-corrected chi connectivity index (χ3v) is 5.22. The molecule has 0 saturated carbocycles. The molecule has 27 heavy (non-hydrogen) atoms. The van der Waals surface area contributed by atoms with Crippen LogP contribution in [0, 0.1) is 0 Å². The maximum Gasteiger partial charge on any atom is 0.410 e. The van der Waals surface area contributed by atoms with E-state index in [1.54, 1.807) is 9.42 Å². The Morgan fingerprint density at radius 1 is 1.33 bits per heavy atom. The molecule has 1 aliphatic rings. The number of carbonyl (C=O) groups is 1. The van der Waals surface area contributed by atoms with E-state index in [1.165, 1.54) is 6.33 Å². The molecule has 0 aliphatic carbocycles. The number of rotatable bonds is 3. The molecular weight excluding hydrogens is 414 g/mol. The first-order valence-electron chi connectivity index (χ1n) is 8.71. The van der Waals surface area contributed by atoms with Gasteiger partial charge in [0.25, 0.3) is 5.56 Å². The Kier molecular flexibility index (Phi) is 4.93. The van der Waals surface area contributed by atoms with Gasteiger partial charge in [0.1, 0.15) is 23.4 Å². The molecule has 0 radical (unpaired) electrons. The molecule has 1 aromatic carbocycles. The zero-order valence-electron chi connectivity index (χ0n) is 14.5.